The second-order valence-electron chi connectivity index (χ2n) is 9.87. The van der Waals surface area contributed by atoms with Crippen LogP contribution in [0.3, 0.4) is 0 Å². The Morgan fingerprint density at radius 3 is 0.958 bits per heavy atom. The summed E-state index contributed by atoms with van der Waals surface area (Å²) >= 11 is 0. The van der Waals surface area contributed by atoms with E-state index in [1.54, 1.807) is 0 Å². The van der Waals surface area contributed by atoms with E-state index in [1.807, 2.05) is 0 Å². The minimum atomic E-state index is 0.500. The number of aryl methyl sites for hydroxylation is 2. The van der Waals surface area contributed by atoms with Crippen LogP contribution in [0.4, 0.5) is 0 Å². The minimum absolute atomic E-state index is 0.500. The van der Waals surface area contributed by atoms with Gasteiger partial charge < -0.3 is 0 Å². The zero-order valence-corrected chi connectivity index (χ0v) is 19.3. The number of hydrogen-bond acceptors (Lipinski definition) is 0. The lowest BCUT2D eigenvalue weighted by Crippen LogP contribution is -2.00. The zero-order valence-electron chi connectivity index (χ0n) is 19.3. The lowest BCUT2D eigenvalue weighted by molar-refractivity contribution is 0.398. The molecule has 0 aliphatic rings. The Kier molecular flexibility index (Phi) is 17.0. The number of hydrogen-bond donors (Lipinski definition) is 0. The van der Waals surface area contributed by atoms with Crippen LogP contribution >= 0.6 is 0 Å². The van der Waals surface area contributed by atoms with Crippen LogP contribution in [0, 0.1) is 30.6 Å². The molecule has 0 saturated heterocycles. The van der Waals surface area contributed by atoms with Crippen LogP contribution in [0.2, 0.25) is 0 Å². The maximum atomic E-state index is 2.24. The molecule has 1 aromatic carbocycles. The molecule has 1 rings (SSSR count). The predicted molar refractivity (Wildman–Crippen MR) is 116 cm³/mol. The average Bonchev–Trinajstić information content (AvgIpc) is 2.41. The van der Waals surface area contributed by atoms with Gasteiger partial charge in [0.2, 0.25) is 0 Å². The van der Waals surface area contributed by atoms with Gasteiger partial charge in [-0.1, -0.05) is 124 Å². The van der Waals surface area contributed by atoms with E-state index in [2.05, 4.69) is 114 Å². The minimum Gasteiger partial charge on any atom is -0.0651 e. The first-order valence-corrected chi connectivity index (χ1v) is 9.65. The van der Waals surface area contributed by atoms with Gasteiger partial charge in [0.15, 0.2) is 0 Å². The highest BCUT2D eigenvalue weighted by Crippen LogP contribution is 2.16. The third kappa shape index (κ3) is 42.9. The highest BCUT2D eigenvalue weighted by Gasteiger charge is 2.03. The average molecular weight is 337 g/mol. The summed E-state index contributed by atoms with van der Waals surface area (Å²) in [5.74, 6) is 0.884. The Bertz CT molecular complexity index is 328. The maximum Gasteiger partial charge on any atom is -0.0385 e. The molecule has 0 amide bonds. The van der Waals surface area contributed by atoms with Crippen LogP contribution in [-0.2, 0) is 0 Å². The Morgan fingerprint density at radius 2 is 0.875 bits per heavy atom. The smallest absolute Gasteiger partial charge is 0.0385 e. The van der Waals surface area contributed by atoms with Crippen molar-refractivity contribution in [2.24, 2.45) is 16.7 Å². The molecule has 0 bridgehead atoms. The van der Waals surface area contributed by atoms with E-state index in [0.717, 1.165) is 5.92 Å². The van der Waals surface area contributed by atoms with E-state index in [0.29, 0.717) is 10.8 Å². The first kappa shape index (κ1) is 28.0. The molecule has 0 unspecified atom stereocenters. The molecular formula is C24H48. The fraction of sp³-hybridized carbons (Fsp3) is 0.750. The molecule has 0 fully saturated rings. The second-order valence-corrected chi connectivity index (χ2v) is 9.87. The third-order valence-electron chi connectivity index (χ3n) is 3.10. The Hall–Kier alpha value is -0.780. The van der Waals surface area contributed by atoms with Crippen LogP contribution < -0.4 is 0 Å². The van der Waals surface area contributed by atoms with Crippen LogP contribution in [0.1, 0.15) is 100 Å². The summed E-state index contributed by atoms with van der Waals surface area (Å²) in [6.07, 6.45) is 2.58. The standard InChI is InChI=1S/C8H10.C6H14.2C5H12/c1-7-3-5-8(2)6-4-7;1-5-6(2,3)4;1-5(2,3)4;1-4-5(2)3/h3-6H,1-2H3;5H2,1-4H3;1-4H3;5H,4H2,1-3H3. The molecule has 0 saturated carbocycles. The van der Waals surface area contributed by atoms with Gasteiger partial charge in [-0.05, 0) is 30.6 Å². The number of benzene rings is 1. The van der Waals surface area contributed by atoms with Crippen LogP contribution in [0.5, 0.6) is 0 Å². The molecule has 0 radical (unpaired) electrons. The highest BCUT2D eigenvalue weighted by molar-refractivity contribution is 5.19. The van der Waals surface area contributed by atoms with E-state index in [9.17, 15) is 0 Å². The summed E-state index contributed by atoms with van der Waals surface area (Å²) in [6, 6.07) is 8.48. The maximum absolute atomic E-state index is 2.24. The molecule has 0 nitrogen and oxygen atoms in total. The van der Waals surface area contributed by atoms with Crippen LogP contribution in [-0.4, -0.2) is 0 Å². The lowest BCUT2D eigenvalue weighted by Gasteiger charge is -2.12. The molecule has 0 N–H and O–H groups in total. The molecule has 0 heteroatoms. The van der Waals surface area contributed by atoms with Crippen molar-refractivity contribution in [1.82, 2.24) is 0 Å². The predicted octanol–water partition coefficient (Wildman–Crippen LogP) is 8.85. The molecule has 0 heterocycles. The van der Waals surface area contributed by atoms with E-state index >= 15 is 0 Å². The Labute approximate surface area is 155 Å². The largest absolute Gasteiger partial charge is 0.0651 e. The first-order valence-electron chi connectivity index (χ1n) is 9.65. The number of rotatable bonds is 1. The van der Waals surface area contributed by atoms with E-state index in [-0.39, 0.29) is 0 Å². The molecular weight excluding hydrogens is 288 g/mol. The quantitative estimate of drug-likeness (QED) is 0.480. The monoisotopic (exact) mass is 336 g/mol. The summed E-state index contributed by atoms with van der Waals surface area (Å²) in [7, 11) is 0. The second kappa shape index (κ2) is 14.6. The van der Waals surface area contributed by atoms with Crippen LogP contribution in [0.15, 0.2) is 24.3 Å². The summed E-state index contributed by atoms with van der Waals surface area (Å²) in [5.41, 5.74) is 3.70. The van der Waals surface area contributed by atoms with Gasteiger partial charge in [-0.25, -0.2) is 0 Å². The van der Waals surface area contributed by atoms with Crippen molar-refractivity contribution in [2.75, 3.05) is 0 Å². The molecule has 0 spiro atoms. The van der Waals surface area contributed by atoms with Gasteiger partial charge in [0, 0.05) is 0 Å². The fourth-order valence-electron chi connectivity index (χ4n) is 0.637. The Morgan fingerprint density at radius 1 is 0.708 bits per heavy atom. The Balaban J connectivity index is -0.000000252. The molecule has 0 aromatic heterocycles. The van der Waals surface area contributed by atoms with Gasteiger partial charge in [0.1, 0.15) is 0 Å². The summed E-state index contributed by atoms with van der Waals surface area (Å²) in [5, 5.41) is 0. The zero-order chi connectivity index (χ0) is 20.0. The van der Waals surface area contributed by atoms with Gasteiger partial charge in [0.25, 0.3) is 0 Å². The van der Waals surface area contributed by atoms with E-state index in [1.165, 1.54) is 24.0 Å². The van der Waals surface area contributed by atoms with Gasteiger partial charge in [-0.3, -0.25) is 0 Å². The van der Waals surface area contributed by atoms with Crippen molar-refractivity contribution in [3.63, 3.8) is 0 Å². The molecule has 0 aliphatic heterocycles. The van der Waals surface area contributed by atoms with Crippen molar-refractivity contribution < 1.29 is 0 Å². The molecule has 144 valence electrons. The summed E-state index contributed by atoms with van der Waals surface area (Å²) in [4.78, 5) is 0. The summed E-state index contributed by atoms with van der Waals surface area (Å²) in [6.45, 7) is 28.5. The van der Waals surface area contributed by atoms with Gasteiger partial charge in [-0.15, -0.1) is 0 Å². The van der Waals surface area contributed by atoms with Crippen molar-refractivity contribution in [3.8, 4) is 0 Å². The normalized spacial score (nSPS) is 10.6. The highest BCUT2D eigenvalue weighted by atomic mass is 14.1. The molecule has 1 aromatic rings. The first-order chi connectivity index (χ1) is 10.6. The van der Waals surface area contributed by atoms with Gasteiger partial charge in [0.05, 0.1) is 0 Å². The fourth-order valence-corrected chi connectivity index (χ4v) is 0.637. The molecule has 0 atom stereocenters. The molecule has 24 heavy (non-hydrogen) atoms. The van der Waals surface area contributed by atoms with Crippen LogP contribution in [0.25, 0.3) is 0 Å². The van der Waals surface area contributed by atoms with Crippen molar-refractivity contribution in [2.45, 2.75) is 103 Å². The SMILES string of the molecule is CC(C)(C)C.CCC(C)(C)C.CCC(C)C.Cc1ccc(C)cc1. The lowest BCUT2D eigenvalue weighted by atomic mass is 9.94. The van der Waals surface area contributed by atoms with Crippen molar-refractivity contribution in [1.29, 1.82) is 0 Å². The van der Waals surface area contributed by atoms with E-state index in [4.69, 9.17) is 0 Å². The summed E-state index contributed by atoms with van der Waals surface area (Å²) < 4.78 is 0. The topological polar surface area (TPSA) is 0 Å². The van der Waals surface area contributed by atoms with Crippen molar-refractivity contribution >= 4 is 0 Å². The third-order valence-corrected chi connectivity index (χ3v) is 3.10. The van der Waals surface area contributed by atoms with Crippen molar-refractivity contribution in [3.05, 3.63) is 35.4 Å². The van der Waals surface area contributed by atoms with E-state index < -0.39 is 0 Å². The molecule has 0 aliphatic carbocycles. The van der Waals surface area contributed by atoms with Gasteiger partial charge in [-0.2, -0.15) is 0 Å². The van der Waals surface area contributed by atoms with Gasteiger partial charge >= 0.3 is 0 Å².